The van der Waals surface area contributed by atoms with Crippen molar-refractivity contribution in [3.05, 3.63) is 41.9 Å². The molecular weight excluding hydrogens is 373 g/mol. The first-order valence-corrected chi connectivity index (χ1v) is 8.87. The molecule has 148 valence electrons. The number of hydrogen-bond donors (Lipinski definition) is 1. The van der Waals surface area contributed by atoms with Gasteiger partial charge in [-0.25, -0.2) is 4.39 Å². The number of nitrogens with zero attached hydrogens (tertiary/aromatic N) is 3. The average molecular weight is 398 g/mol. The van der Waals surface area contributed by atoms with Crippen LogP contribution in [0.4, 0.5) is 4.39 Å². The molecule has 0 bridgehead atoms. The molecule has 2 heterocycles. The van der Waals surface area contributed by atoms with Crippen molar-refractivity contribution in [1.82, 2.24) is 15.0 Å². The van der Waals surface area contributed by atoms with Crippen molar-refractivity contribution in [1.29, 1.82) is 0 Å². The van der Waals surface area contributed by atoms with Crippen LogP contribution in [0.25, 0.3) is 11.3 Å². The van der Waals surface area contributed by atoms with Gasteiger partial charge in [0, 0.05) is 24.2 Å². The third kappa shape index (κ3) is 6.02. The fourth-order valence-electron chi connectivity index (χ4n) is 3.44. The molecule has 0 spiro atoms. The first-order valence-electron chi connectivity index (χ1n) is 8.87. The van der Waals surface area contributed by atoms with Crippen LogP contribution in [0.15, 0.2) is 34.9 Å². The molecule has 0 amide bonds. The van der Waals surface area contributed by atoms with E-state index in [1.807, 2.05) is 18.0 Å². The van der Waals surface area contributed by atoms with Gasteiger partial charge in [-0.1, -0.05) is 5.16 Å². The highest BCUT2D eigenvalue weighted by Crippen LogP contribution is 2.22. The summed E-state index contributed by atoms with van der Waals surface area (Å²) in [7, 11) is 1.87. The first kappa shape index (κ1) is 21.3. The van der Waals surface area contributed by atoms with Gasteiger partial charge in [0.2, 0.25) is 0 Å². The highest BCUT2D eigenvalue weighted by atomic mass is 35.5. The number of hydrogen-bond acceptors (Lipinski definition) is 5. The molecule has 1 fully saturated rings. The quantitative estimate of drug-likeness (QED) is 0.806. The minimum absolute atomic E-state index is 0. The maximum Gasteiger partial charge on any atom is 0.317 e. The number of likely N-dealkylation sites (N-methyl/N-ethyl adjacent to an activating group) is 1. The predicted molar refractivity (Wildman–Crippen MR) is 102 cm³/mol. The summed E-state index contributed by atoms with van der Waals surface area (Å²) < 4.78 is 18.5. The number of rotatable bonds is 6. The fraction of sp³-hybridized carbons (Fsp3) is 0.474. The number of halogens is 2. The van der Waals surface area contributed by atoms with E-state index in [2.05, 4.69) is 10.1 Å². The highest BCUT2D eigenvalue weighted by Gasteiger charge is 2.22. The zero-order valence-corrected chi connectivity index (χ0v) is 16.1. The van der Waals surface area contributed by atoms with Gasteiger partial charge in [0.25, 0.3) is 0 Å². The Morgan fingerprint density at radius 2 is 2.07 bits per heavy atom. The first-order chi connectivity index (χ1) is 12.5. The monoisotopic (exact) mass is 397 g/mol. The van der Waals surface area contributed by atoms with Crippen LogP contribution >= 0.6 is 12.4 Å². The number of aliphatic carboxylic acids is 1. The number of likely N-dealkylation sites (tertiary alicyclic amines) is 1. The Kier molecular flexibility index (Phi) is 7.77. The van der Waals surface area contributed by atoms with Gasteiger partial charge in [0.1, 0.15) is 11.5 Å². The summed E-state index contributed by atoms with van der Waals surface area (Å²) >= 11 is 0. The Balaban J connectivity index is 0.00000261. The van der Waals surface area contributed by atoms with Crippen molar-refractivity contribution in [3.8, 4) is 11.3 Å². The lowest BCUT2D eigenvalue weighted by Gasteiger charge is -2.25. The van der Waals surface area contributed by atoms with Gasteiger partial charge < -0.3 is 9.63 Å². The second-order valence-electron chi connectivity index (χ2n) is 6.86. The number of carboxylic acid groups (broad SMARTS) is 1. The van der Waals surface area contributed by atoms with Crippen molar-refractivity contribution in [2.24, 2.45) is 0 Å². The normalized spacial score (nSPS) is 18.1. The second kappa shape index (κ2) is 9.82. The molecule has 3 rings (SSSR count). The second-order valence-corrected chi connectivity index (χ2v) is 6.86. The minimum atomic E-state index is -0.788. The fourth-order valence-corrected chi connectivity index (χ4v) is 3.44. The highest BCUT2D eigenvalue weighted by molar-refractivity contribution is 5.85. The van der Waals surface area contributed by atoms with E-state index < -0.39 is 5.97 Å². The molecule has 6 nitrogen and oxygen atoms in total. The summed E-state index contributed by atoms with van der Waals surface area (Å²) in [6, 6.07) is 8.38. The molecule has 1 aliphatic rings. The molecule has 2 aromatic rings. The number of carbonyl (C=O) groups is 1. The van der Waals surface area contributed by atoms with Crippen LogP contribution in [0.2, 0.25) is 0 Å². The molecule has 0 aliphatic carbocycles. The predicted octanol–water partition coefficient (Wildman–Crippen LogP) is 3.27. The molecule has 1 aromatic heterocycles. The molecule has 8 heteroatoms. The molecule has 0 saturated carbocycles. The Labute approximate surface area is 164 Å². The lowest BCUT2D eigenvalue weighted by molar-refractivity contribution is -0.138. The third-order valence-electron chi connectivity index (χ3n) is 4.88. The summed E-state index contributed by atoms with van der Waals surface area (Å²) in [5.74, 6) is -0.283. The van der Waals surface area contributed by atoms with Crippen LogP contribution in [-0.2, 0) is 11.3 Å². The zero-order valence-electron chi connectivity index (χ0n) is 15.3. The van der Waals surface area contributed by atoms with Gasteiger partial charge in [-0.05, 0) is 57.1 Å². The van der Waals surface area contributed by atoms with Crippen molar-refractivity contribution in [2.75, 3.05) is 26.7 Å². The average Bonchev–Trinajstić information content (AvgIpc) is 2.93. The van der Waals surface area contributed by atoms with Crippen molar-refractivity contribution in [2.45, 2.75) is 31.8 Å². The zero-order chi connectivity index (χ0) is 18.5. The van der Waals surface area contributed by atoms with E-state index in [0.717, 1.165) is 43.7 Å². The van der Waals surface area contributed by atoms with Crippen LogP contribution in [-0.4, -0.2) is 58.8 Å². The van der Waals surface area contributed by atoms with E-state index in [1.165, 1.54) is 12.1 Å². The summed E-state index contributed by atoms with van der Waals surface area (Å²) in [5, 5.41) is 13.0. The van der Waals surface area contributed by atoms with Gasteiger partial charge in [-0.2, -0.15) is 0 Å². The summed E-state index contributed by atoms with van der Waals surface area (Å²) in [5.41, 5.74) is 1.53. The maximum atomic E-state index is 13.0. The van der Waals surface area contributed by atoms with Crippen LogP contribution in [0.3, 0.4) is 0 Å². The molecule has 1 N–H and O–H groups in total. The van der Waals surface area contributed by atoms with E-state index in [9.17, 15) is 9.18 Å². The van der Waals surface area contributed by atoms with E-state index in [0.29, 0.717) is 18.3 Å². The molecule has 1 aromatic carbocycles. The number of aromatic nitrogens is 1. The van der Waals surface area contributed by atoms with Crippen LogP contribution in [0.5, 0.6) is 0 Å². The summed E-state index contributed by atoms with van der Waals surface area (Å²) in [6.45, 7) is 2.59. The molecule has 1 unspecified atom stereocenters. The molecule has 1 atom stereocenters. The van der Waals surface area contributed by atoms with Crippen LogP contribution < -0.4 is 0 Å². The Hall–Kier alpha value is -1.96. The third-order valence-corrected chi connectivity index (χ3v) is 4.88. The number of carboxylic acids is 1. The molecular formula is C19H25ClFN3O3. The van der Waals surface area contributed by atoms with Crippen molar-refractivity contribution >= 4 is 18.4 Å². The Bertz CT molecular complexity index is 738. The standard InChI is InChI=1S/C19H24FN3O3.ClH/c1-22(13-19(24)25)16-3-2-9-23(10-8-16)12-17-11-18(21-26-17)14-4-6-15(20)7-5-14;/h4-7,11,16H,2-3,8-10,12-13H2,1H3,(H,24,25);1H. The van der Waals surface area contributed by atoms with Gasteiger partial charge in [-0.3, -0.25) is 14.6 Å². The Morgan fingerprint density at radius 3 is 2.78 bits per heavy atom. The lowest BCUT2D eigenvalue weighted by Crippen LogP contribution is -2.36. The van der Waals surface area contributed by atoms with E-state index in [1.54, 1.807) is 12.1 Å². The minimum Gasteiger partial charge on any atom is -0.480 e. The van der Waals surface area contributed by atoms with Gasteiger partial charge in [0.15, 0.2) is 5.76 Å². The topological polar surface area (TPSA) is 69.8 Å². The lowest BCUT2D eigenvalue weighted by atomic mass is 10.1. The van der Waals surface area contributed by atoms with Gasteiger partial charge in [0.05, 0.1) is 13.1 Å². The number of benzene rings is 1. The van der Waals surface area contributed by atoms with Gasteiger partial charge in [-0.15, -0.1) is 12.4 Å². The molecule has 0 radical (unpaired) electrons. The largest absolute Gasteiger partial charge is 0.480 e. The molecule has 1 aliphatic heterocycles. The summed E-state index contributed by atoms with van der Waals surface area (Å²) in [6.07, 6.45) is 2.95. The van der Waals surface area contributed by atoms with E-state index in [4.69, 9.17) is 9.63 Å². The van der Waals surface area contributed by atoms with Crippen LogP contribution in [0.1, 0.15) is 25.0 Å². The van der Waals surface area contributed by atoms with E-state index >= 15 is 0 Å². The van der Waals surface area contributed by atoms with Crippen LogP contribution in [0, 0.1) is 5.82 Å². The van der Waals surface area contributed by atoms with Gasteiger partial charge >= 0.3 is 5.97 Å². The van der Waals surface area contributed by atoms with Crippen molar-refractivity contribution < 1.29 is 18.8 Å². The SMILES string of the molecule is CN(CC(=O)O)C1CCCN(Cc2cc(-c3ccc(F)cc3)no2)CC1.Cl. The maximum absolute atomic E-state index is 13.0. The molecule has 27 heavy (non-hydrogen) atoms. The van der Waals surface area contributed by atoms with Crippen molar-refractivity contribution in [3.63, 3.8) is 0 Å². The van der Waals surface area contributed by atoms with E-state index in [-0.39, 0.29) is 24.8 Å². The molecule has 1 saturated heterocycles. The smallest absolute Gasteiger partial charge is 0.317 e. The summed E-state index contributed by atoms with van der Waals surface area (Å²) in [4.78, 5) is 15.1. The Morgan fingerprint density at radius 1 is 1.33 bits per heavy atom.